The van der Waals surface area contributed by atoms with Crippen molar-refractivity contribution in [1.82, 2.24) is 9.97 Å². The van der Waals surface area contributed by atoms with Gasteiger partial charge in [-0.3, -0.25) is 4.79 Å². The highest BCUT2D eigenvalue weighted by molar-refractivity contribution is 6.31. The van der Waals surface area contributed by atoms with Crippen LogP contribution in [-0.4, -0.2) is 41.6 Å². The lowest BCUT2D eigenvalue weighted by Gasteiger charge is -2.31. The Balaban J connectivity index is 1.92. The minimum atomic E-state index is -3.48. The van der Waals surface area contributed by atoms with E-state index in [0.717, 1.165) is 17.7 Å². The summed E-state index contributed by atoms with van der Waals surface area (Å²) in [6.45, 7) is 3.98. The molecule has 29 heavy (non-hydrogen) atoms. The van der Waals surface area contributed by atoms with E-state index in [4.69, 9.17) is 22.1 Å². The number of amides is 1. The third kappa shape index (κ3) is 5.10. The number of nitrogens with two attached hydrogens (primary N) is 1. The number of nitrogens with zero attached hydrogens (tertiary/aromatic N) is 3. The predicted octanol–water partition coefficient (Wildman–Crippen LogP) is 3.58. The average molecular weight is 426 g/mol. The fraction of sp³-hybridized carbons (Fsp3) is 0.421. The Labute approximate surface area is 172 Å². The van der Waals surface area contributed by atoms with Gasteiger partial charge in [-0.1, -0.05) is 17.7 Å². The molecule has 7 nitrogen and oxygen atoms in total. The van der Waals surface area contributed by atoms with E-state index >= 15 is 0 Å². The lowest BCUT2D eigenvalue weighted by atomic mass is 10.0. The number of halogens is 3. The van der Waals surface area contributed by atoms with Crippen LogP contribution in [0.15, 0.2) is 24.3 Å². The van der Waals surface area contributed by atoms with Gasteiger partial charge in [0, 0.05) is 42.5 Å². The maximum Gasteiger partial charge on any atom is 0.322 e. The molecule has 0 unspecified atom stereocenters. The molecule has 2 aromatic rings. The van der Waals surface area contributed by atoms with Crippen molar-refractivity contribution in [3.05, 3.63) is 40.5 Å². The lowest BCUT2D eigenvalue weighted by Crippen LogP contribution is -2.32. The van der Waals surface area contributed by atoms with E-state index in [1.54, 1.807) is 6.07 Å². The minimum Gasteiger partial charge on any atom is -0.379 e. The van der Waals surface area contributed by atoms with Gasteiger partial charge in [-0.2, -0.15) is 13.8 Å². The number of aryl methyl sites for hydroxylation is 1. The van der Waals surface area contributed by atoms with Crippen molar-refractivity contribution < 1.29 is 18.3 Å². The largest absolute Gasteiger partial charge is 0.379 e. The van der Waals surface area contributed by atoms with Gasteiger partial charge in [-0.25, -0.2) is 4.98 Å². The number of nitrogen functional groups attached to an aromatic ring is 1. The maximum absolute atomic E-state index is 13.1. The van der Waals surface area contributed by atoms with Crippen LogP contribution in [0.5, 0.6) is 0 Å². The summed E-state index contributed by atoms with van der Waals surface area (Å²) >= 11 is 6.45. The van der Waals surface area contributed by atoms with Gasteiger partial charge in [0.05, 0.1) is 12.6 Å². The first-order chi connectivity index (χ1) is 13.6. The van der Waals surface area contributed by atoms with Gasteiger partial charge in [-0.05, 0) is 31.0 Å². The smallest absolute Gasteiger partial charge is 0.322 e. The van der Waals surface area contributed by atoms with Gasteiger partial charge in [0.15, 0.2) is 0 Å². The van der Waals surface area contributed by atoms with Crippen molar-refractivity contribution >= 4 is 35.0 Å². The quantitative estimate of drug-likeness (QED) is 0.777. The topological polar surface area (TPSA) is 93.4 Å². The summed E-state index contributed by atoms with van der Waals surface area (Å²) < 4.78 is 32.0. The number of nitrogens with one attached hydrogen (secondary N) is 1. The van der Waals surface area contributed by atoms with E-state index in [2.05, 4.69) is 15.3 Å². The zero-order valence-electron chi connectivity index (χ0n) is 16.1. The molecule has 3 N–H and O–H groups in total. The molecule has 1 saturated heterocycles. The highest BCUT2D eigenvalue weighted by atomic mass is 35.5. The predicted molar refractivity (Wildman–Crippen MR) is 107 cm³/mol. The van der Waals surface area contributed by atoms with Crippen molar-refractivity contribution in [3.63, 3.8) is 0 Å². The Bertz CT molecular complexity index is 886. The fourth-order valence-electron chi connectivity index (χ4n) is 3.15. The Morgan fingerprint density at radius 1 is 1.38 bits per heavy atom. The molecule has 1 atom stereocenters. The summed E-state index contributed by atoms with van der Waals surface area (Å²) in [6, 6.07) is 6.24. The summed E-state index contributed by atoms with van der Waals surface area (Å²) in [7, 11) is 0. The molecule has 156 valence electrons. The van der Waals surface area contributed by atoms with E-state index in [0.29, 0.717) is 37.5 Å². The Hall–Kier alpha value is -2.52. The van der Waals surface area contributed by atoms with Crippen LogP contribution < -0.4 is 16.0 Å². The van der Waals surface area contributed by atoms with E-state index in [-0.39, 0.29) is 17.7 Å². The van der Waals surface area contributed by atoms with Crippen LogP contribution in [0.2, 0.25) is 5.02 Å². The molecule has 1 aromatic carbocycles. The van der Waals surface area contributed by atoms with E-state index in [9.17, 15) is 13.6 Å². The maximum atomic E-state index is 13.1. The zero-order valence-corrected chi connectivity index (χ0v) is 16.8. The van der Waals surface area contributed by atoms with E-state index in [1.807, 2.05) is 17.9 Å². The number of hydrogen-bond donors (Lipinski definition) is 2. The van der Waals surface area contributed by atoms with E-state index < -0.39 is 11.8 Å². The SMILES string of the molecule is Cc1cc(N2CCCOC[C@H]2c2ccc(NC(=O)C(C)(F)F)cc2Cl)nc(N)n1. The second-order valence-electron chi connectivity index (χ2n) is 6.94. The molecular weight excluding hydrogens is 404 g/mol. The summed E-state index contributed by atoms with van der Waals surface area (Å²) in [6.07, 6.45) is 0.788. The molecule has 0 radical (unpaired) electrons. The number of benzene rings is 1. The highest BCUT2D eigenvalue weighted by Gasteiger charge is 2.32. The van der Waals surface area contributed by atoms with Crippen molar-refractivity contribution in [1.29, 1.82) is 0 Å². The molecule has 1 fully saturated rings. The molecular formula is C19H22ClF2N5O2. The first kappa shape index (κ1) is 21.2. The first-order valence-corrected chi connectivity index (χ1v) is 9.47. The number of aromatic nitrogens is 2. The molecule has 1 amide bonds. The molecule has 0 aliphatic carbocycles. The van der Waals surface area contributed by atoms with Crippen LogP contribution in [-0.2, 0) is 9.53 Å². The number of carbonyl (C=O) groups excluding carboxylic acids is 1. The molecule has 0 spiro atoms. The van der Waals surface area contributed by atoms with Crippen LogP contribution in [0.25, 0.3) is 0 Å². The second-order valence-corrected chi connectivity index (χ2v) is 7.35. The molecule has 1 aliphatic rings. The second kappa shape index (κ2) is 8.46. The van der Waals surface area contributed by atoms with Gasteiger partial charge in [-0.15, -0.1) is 0 Å². The van der Waals surface area contributed by atoms with Crippen LogP contribution >= 0.6 is 11.6 Å². The highest BCUT2D eigenvalue weighted by Crippen LogP contribution is 2.34. The third-order valence-corrected chi connectivity index (χ3v) is 4.84. The van der Waals surface area contributed by atoms with Gasteiger partial charge in [0.25, 0.3) is 5.91 Å². The molecule has 1 aliphatic heterocycles. The number of ether oxygens (including phenoxy) is 1. The molecule has 2 heterocycles. The van der Waals surface area contributed by atoms with Gasteiger partial charge < -0.3 is 20.7 Å². The molecule has 1 aromatic heterocycles. The Morgan fingerprint density at radius 3 is 2.79 bits per heavy atom. The lowest BCUT2D eigenvalue weighted by molar-refractivity contribution is -0.137. The van der Waals surface area contributed by atoms with Crippen LogP contribution in [0.1, 0.15) is 30.6 Å². The first-order valence-electron chi connectivity index (χ1n) is 9.09. The zero-order chi connectivity index (χ0) is 21.2. The fourth-order valence-corrected chi connectivity index (χ4v) is 3.45. The summed E-state index contributed by atoms with van der Waals surface area (Å²) in [5.74, 6) is -4.05. The van der Waals surface area contributed by atoms with Crippen molar-refractivity contribution in [2.75, 3.05) is 35.7 Å². The standard InChI is InChI=1S/C19H22ClF2N5O2/c1-11-8-16(26-18(23)24-11)27-6-3-7-29-10-15(27)13-5-4-12(9-14(13)20)25-17(28)19(2,21)22/h4-5,8-9,15H,3,6-7,10H2,1-2H3,(H,25,28)(H2,23,24,26)/t15-/m0/s1. The molecule has 0 saturated carbocycles. The Morgan fingerprint density at radius 2 is 2.14 bits per heavy atom. The summed E-state index contributed by atoms with van der Waals surface area (Å²) in [5, 5.41) is 2.49. The number of carbonyl (C=O) groups is 1. The summed E-state index contributed by atoms with van der Waals surface area (Å²) in [5.41, 5.74) is 7.46. The van der Waals surface area contributed by atoms with Crippen LogP contribution in [0.3, 0.4) is 0 Å². The van der Waals surface area contributed by atoms with Crippen molar-refractivity contribution in [2.24, 2.45) is 0 Å². The minimum absolute atomic E-state index is 0.175. The van der Waals surface area contributed by atoms with Gasteiger partial charge in [0.2, 0.25) is 5.95 Å². The van der Waals surface area contributed by atoms with E-state index in [1.165, 1.54) is 12.1 Å². The molecule has 10 heteroatoms. The number of alkyl halides is 2. The number of rotatable bonds is 4. The van der Waals surface area contributed by atoms with Gasteiger partial charge in [0.1, 0.15) is 5.82 Å². The monoisotopic (exact) mass is 425 g/mol. The third-order valence-electron chi connectivity index (χ3n) is 4.51. The average Bonchev–Trinajstić information content (AvgIpc) is 2.86. The Kier molecular flexibility index (Phi) is 6.18. The van der Waals surface area contributed by atoms with Crippen LogP contribution in [0, 0.1) is 6.92 Å². The molecule has 3 rings (SSSR count). The summed E-state index contributed by atoms with van der Waals surface area (Å²) in [4.78, 5) is 22.0. The number of anilines is 3. The van der Waals surface area contributed by atoms with Crippen molar-refractivity contribution in [3.8, 4) is 0 Å². The normalized spacial score (nSPS) is 17.7. The van der Waals surface area contributed by atoms with Crippen molar-refractivity contribution in [2.45, 2.75) is 32.2 Å². The number of hydrogen-bond acceptors (Lipinski definition) is 6. The van der Waals surface area contributed by atoms with Gasteiger partial charge >= 0.3 is 5.92 Å². The van der Waals surface area contributed by atoms with Crippen LogP contribution in [0.4, 0.5) is 26.2 Å². The molecule has 0 bridgehead atoms.